The third-order valence-corrected chi connectivity index (χ3v) is 3.27. The number of hydrogen-bond acceptors (Lipinski definition) is 3. The highest BCUT2D eigenvalue weighted by Crippen LogP contribution is 2.20. The monoisotopic (exact) mass is 300 g/mol. The number of nitrogen functional groups attached to an aromatic ring is 1. The zero-order chi connectivity index (χ0) is 13.0. The Morgan fingerprint density at radius 3 is 2.65 bits per heavy atom. The van der Waals surface area contributed by atoms with Crippen molar-refractivity contribution in [3.05, 3.63) is 28.2 Å². The Hall–Kier alpha value is -1.07. The molecule has 17 heavy (non-hydrogen) atoms. The first-order valence-electron chi connectivity index (χ1n) is 5.42. The Kier molecular flexibility index (Phi) is 4.96. The summed E-state index contributed by atoms with van der Waals surface area (Å²) in [5, 5.41) is 11.9. The van der Waals surface area contributed by atoms with Crippen molar-refractivity contribution in [3.8, 4) is 0 Å². The van der Waals surface area contributed by atoms with E-state index in [1.165, 1.54) is 0 Å². The van der Waals surface area contributed by atoms with Gasteiger partial charge >= 0.3 is 0 Å². The summed E-state index contributed by atoms with van der Waals surface area (Å²) in [6, 6.07) is 4.75. The normalized spacial score (nSPS) is 12.5. The van der Waals surface area contributed by atoms with Crippen LogP contribution in [0.2, 0.25) is 0 Å². The third kappa shape index (κ3) is 3.71. The summed E-state index contributed by atoms with van der Waals surface area (Å²) in [5.41, 5.74) is 6.75. The van der Waals surface area contributed by atoms with Crippen molar-refractivity contribution in [2.45, 2.75) is 19.9 Å². The number of nitrogens with two attached hydrogens (primary N) is 1. The average Bonchev–Trinajstić information content (AvgIpc) is 2.28. The summed E-state index contributed by atoms with van der Waals surface area (Å²) in [6.07, 6.45) is 0. The van der Waals surface area contributed by atoms with Crippen LogP contribution >= 0.6 is 15.9 Å². The Bertz CT molecular complexity index is 407. The van der Waals surface area contributed by atoms with Gasteiger partial charge in [0.2, 0.25) is 0 Å². The van der Waals surface area contributed by atoms with Crippen LogP contribution in [0, 0.1) is 5.92 Å². The van der Waals surface area contributed by atoms with Crippen LogP contribution in [0.4, 0.5) is 5.69 Å². The number of rotatable bonds is 4. The summed E-state index contributed by atoms with van der Waals surface area (Å²) in [7, 11) is 0. The number of halogens is 1. The van der Waals surface area contributed by atoms with Gasteiger partial charge in [0.1, 0.15) is 0 Å². The molecule has 0 fully saturated rings. The molecule has 1 amide bonds. The minimum Gasteiger partial charge on any atom is -0.398 e. The number of amides is 1. The number of carbonyl (C=O) groups is 1. The lowest BCUT2D eigenvalue weighted by Crippen LogP contribution is -2.41. The molecular formula is C12H17BrN2O2. The number of aliphatic hydroxyl groups excluding tert-OH is 1. The zero-order valence-corrected chi connectivity index (χ0v) is 11.5. The Morgan fingerprint density at radius 2 is 2.18 bits per heavy atom. The molecule has 0 spiro atoms. The van der Waals surface area contributed by atoms with Crippen molar-refractivity contribution in [1.29, 1.82) is 0 Å². The molecule has 0 bridgehead atoms. The lowest BCUT2D eigenvalue weighted by Gasteiger charge is -2.20. The second kappa shape index (κ2) is 6.02. The van der Waals surface area contributed by atoms with E-state index in [0.29, 0.717) is 15.7 Å². The van der Waals surface area contributed by atoms with Crippen LogP contribution < -0.4 is 11.1 Å². The first-order valence-corrected chi connectivity index (χ1v) is 6.21. The number of benzene rings is 1. The minimum atomic E-state index is -0.237. The third-order valence-electron chi connectivity index (χ3n) is 2.58. The van der Waals surface area contributed by atoms with Crippen molar-refractivity contribution in [2.75, 3.05) is 12.3 Å². The fraction of sp³-hybridized carbons (Fsp3) is 0.417. The van der Waals surface area contributed by atoms with Gasteiger partial charge in [-0.15, -0.1) is 0 Å². The van der Waals surface area contributed by atoms with E-state index in [1.807, 2.05) is 13.8 Å². The maximum Gasteiger partial charge on any atom is 0.251 e. The molecule has 1 aromatic rings. The number of hydrogen-bond donors (Lipinski definition) is 3. The summed E-state index contributed by atoms with van der Waals surface area (Å²) in [4.78, 5) is 11.9. The van der Waals surface area contributed by atoms with E-state index in [2.05, 4.69) is 21.2 Å². The van der Waals surface area contributed by atoms with E-state index < -0.39 is 0 Å². The van der Waals surface area contributed by atoms with Crippen LogP contribution in [-0.2, 0) is 0 Å². The molecule has 4 N–H and O–H groups in total. The van der Waals surface area contributed by atoms with Crippen LogP contribution in [0.3, 0.4) is 0 Å². The molecule has 1 aromatic carbocycles. The average molecular weight is 301 g/mol. The van der Waals surface area contributed by atoms with Crippen molar-refractivity contribution >= 4 is 27.5 Å². The van der Waals surface area contributed by atoms with Crippen LogP contribution in [0.25, 0.3) is 0 Å². The standard InChI is InChI=1S/C12H17BrN2O2/c1-7(2)11(6-16)15-12(17)8-3-4-10(14)9(13)5-8/h3-5,7,11,16H,6,14H2,1-2H3,(H,15,17). The van der Waals surface area contributed by atoms with Crippen molar-refractivity contribution < 1.29 is 9.90 Å². The molecule has 1 rings (SSSR count). The molecule has 1 unspecified atom stereocenters. The SMILES string of the molecule is CC(C)C(CO)NC(=O)c1ccc(N)c(Br)c1. The van der Waals surface area contributed by atoms with E-state index in [4.69, 9.17) is 10.8 Å². The number of aliphatic hydroxyl groups is 1. The highest BCUT2D eigenvalue weighted by Gasteiger charge is 2.16. The Labute approximate surface area is 109 Å². The zero-order valence-electron chi connectivity index (χ0n) is 9.90. The maximum absolute atomic E-state index is 11.9. The maximum atomic E-state index is 11.9. The molecule has 94 valence electrons. The van der Waals surface area contributed by atoms with Crippen LogP contribution in [0.1, 0.15) is 24.2 Å². The van der Waals surface area contributed by atoms with Crippen LogP contribution in [-0.4, -0.2) is 23.7 Å². The quantitative estimate of drug-likeness (QED) is 0.742. The minimum absolute atomic E-state index is 0.0699. The van der Waals surface area contributed by atoms with E-state index in [0.717, 1.165) is 0 Å². The van der Waals surface area contributed by atoms with Gasteiger partial charge < -0.3 is 16.2 Å². The van der Waals surface area contributed by atoms with E-state index in [-0.39, 0.29) is 24.5 Å². The number of nitrogens with one attached hydrogen (secondary N) is 1. The van der Waals surface area contributed by atoms with Gasteiger partial charge in [0.05, 0.1) is 12.6 Å². The summed E-state index contributed by atoms with van der Waals surface area (Å²) < 4.78 is 0.690. The molecule has 5 heteroatoms. The van der Waals surface area contributed by atoms with Gasteiger partial charge in [0.25, 0.3) is 5.91 Å². The molecule has 1 atom stereocenters. The van der Waals surface area contributed by atoms with Gasteiger partial charge in [0.15, 0.2) is 0 Å². The van der Waals surface area contributed by atoms with Gasteiger partial charge in [-0.3, -0.25) is 4.79 Å². The fourth-order valence-electron chi connectivity index (χ4n) is 1.34. The predicted octanol–water partition coefficient (Wildman–Crippen LogP) is 1.78. The number of carbonyl (C=O) groups excluding carboxylic acids is 1. The molecule has 0 aliphatic rings. The van der Waals surface area contributed by atoms with Gasteiger partial charge in [-0.05, 0) is 40.0 Å². The highest BCUT2D eigenvalue weighted by atomic mass is 79.9. The second-order valence-corrected chi connectivity index (χ2v) is 5.10. The van der Waals surface area contributed by atoms with E-state index in [9.17, 15) is 4.79 Å². The topological polar surface area (TPSA) is 75.3 Å². The smallest absolute Gasteiger partial charge is 0.251 e. The van der Waals surface area contributed by atoms with E-state index in [1.54, 1.807) is 18.2 Å². The van der Waals surface area contributed by atoms with Crippen LogP contribution in [0.5, 0.6) is 0 Å². The molecule has 0 aliphatic heterocycles. The summed E-state index contributed by atoms with van der Waals surface area (Å²) in [6.45, 7) is 3.82. The summed E-state index contributed by atoms with van der Waals surface area (Å²) in [5.74, 6) is -0.0281. The molecule has 0 heterocycles. The second-order valence-electron chi connectivity index (χ2n) is 4.24. The molecule has 4 nitrogen and oxygen atoms in total. The fourth-order valence-corrected chi connectivity index (χ4v) is 1.72. The van der Waals surface area contributed by atoms with Crippen molar-refractivity contribution in [2.24, 2.45) is 5.92 Å². The molecule has 0 aliphatic carbocycles. The lowest BCUT2D eigenvalue weighted by molar-refractivity contribution is 0.0897. The van der Waals surface area contributed by atoms with Crippen LogP contribution in [0.15, 0.2) is 22.7 Å². The first kappa shape index (κ1) is 14.0. The number of anilines is 1. The molecule has 0 saturated heterocycles. The van der Waals surface area contributed by atoms with Crippen molar-refractivity contribution in [3.63, 3.8) is 0 Å². The van der Waals surface area contributed by atoms with Gasteiger partial charge in [-0.1, -0.05) is 13.8 Å². The first-order chi connectivity index (χ1) is 7.95. The van der Waals surface area contributed by atoms with Gasteiger partial charge in [-0.2, -0.15) is 0 Å². The van der Waals surface area contributed by atoms with Crippen molar-refractivity contribution in [1.82, 2.24) is 5.32 Å². The Balaban J connectivity index is 2.79. The van der Waals surface area contributed by atoms with Gasteiger partial charge in [-0.25, -0.2) is 0 Å². The van der Waals surface area contributed by atoms with E-state index >= 15 is 0 Å². The molecule has 0 saturated carbocycles. The van der Waals surface area contributed by atoms with Gasteiger partial charge in [0, 0.05) is 15.7 Å². The molecular weight excluding hydrogens is 284 g/mol. The molecule has 0 aromatic heterocycles. The predicted molar refractivity (Wildman–Crippen MR) is 71.7 cm³/mol. The largest absolute Gasteiger partial charge is 0.398 e. The lowest BCUT2D eigenvalue weighted by atomic mass is 10.0. The Morgan fingerprint density at radius 1 is 1.53 bits per heavy atom. The summed E-state index contributed by atoms with van der Waals surface area (Å²) >= 11 is 3.27. The highest BCUT2D eigenvalue weighted by molar-refractivity contribution is 9.10. The molecule has 0 radical (unpaired) electrons.